The molecule has 5 nitrogen and oxygen atoms in total. The van der Waals surface area contributed by atoms with Crippen LogP contribution >= 0.6 is 0 Å². The minimum atomic E-state index is -0.473. The van der Waals surface area contributed by atoms with E-state index in [1.807, 2.05) is 6.92 Å². The molecule has 0 bridgehead atoms. The number of Topliss-reactive ketones (excluding diaryl/α,β-unsaturated/α-hetero) is 2. The summed E-state index contributed by atoms with van der Waals surface area (Å²) in [6, 6.07) is 0. The quantitative estimate of drug-likeness (QED) is 0.630. The van der Waals surface area contributed by atoms with Crippen LogP contribution < -0.4 is 0 Å². The molecule has 1 heterocycles. The SMILES string of the molecule is CCC(CC(=O)CN1C(=O)C=CC1=O)C(C)=O. The first-order valence-corrected chi connectivity index (χ1v) is 5.51. The van der Waals surface area contributed by atoms with Gasteiger partial charge in [-0.2, -0.15) is 0 Å². The predicted molar refractivity (Wildman–Crippen MR) is 59.9 cm³/mol. The van der Waals surface area contributed by atoms with Gasteiger partial charge in [-0.15, -0.1) is 0 Å². The average molecular weight is 237 g/mol. The van der Waals surface area contributed by atoms with Crippen LogP contribution in [0.3, 0.4) is 0 Å². The van der Waals surface area contributed by atoms with Crippen molar-refractivity contribution in [2.75, 3.05) is 6.54 Å². The van der Waals surface area contributed by atoms with Crippen molar-refractivity contribution in [2.24, 2.45) is 5.92 Å². The maximum atomic E-state index is 11.6. The van der Waals surface area contributed by atoms with Crippen molar-refractivity contribution in [3.05, 3.63) is 12.2 Å². The number of hydrogen-bond donors (Lipinski definition) is 0. The van der Waals surface area contributed by atoms with Crippen LogP contribution in [0.1, 0.15) is 26.7 Å². The zero-order valence-corrected chi connectivity index (χ0v) is 9.93. The lowest BCUT2D eigenvalue weighted by Gasteiger charge is -2.15. The van der Waals surface area contributed by atoms with E-state index in [4.69, 9.17) is 0 Å². The van der Waals surface area contributed by atoms with E-state index >= 15 is 0 Å². The molecule has 5 heteroatoms. The average Bonchev–Trinajstić information content (AvgIpc) is 2.57. The Labute approximate surface area is 99.5 Å². The maximum Gasteiger partial charge on any atom is 0.254 e. The number of imide groups is 1. The van der Waals surface area contributed by atoms with Gasteiger partial charge in [0.05, 0.1) is 6.54 Å². The molecule has 0 aromatic heterocycles. The molecular weight excluding hydrogens is 222 g/mol. The molecule has 0 aromatic carbocycles. The van der Waals surface area contributed by atoms with E-state index in [9.17, 15) is 19.2 Å². The van der Waals surface area contributed by atoms with Gasteiger partial charge >= 0.3 is 0 Å². The van der Waals surface area contributed by atoms with E-state index in [2.05, 4.69) is 0 Å². The van der Waals surface area contributed by atoms with Crippen molar-refractivity contribution in [1.82, 2.24) is 4.90 Å². The van der Waals surface area contributed by atoms with Crippen molar-refractivity contribution in [3.8, 4) is 0 Å². The van der Waals surface area contributed by atoms with E-state index in [-0.39, 0.29) is 30.4 Å². The van der Waals surface area contributed by atoms with Gasteiger partial charge < -0.3 is 0 Å². The van der Waals surface area contributed by atoms with Gasteiger partial charge in [0.2, 0.25) is 0 Å². The van der Waals surface area contributed by atoms with Crippen LogP contribution in [0.25, 0.3) is 0 Å². The van der Waals surface area contributed by atoms with Crippen molar-refractivity contribution >= 4 is 23.4 Å². The molecule has 2 amide bonds. The molecular formula is C12H15NO4. The van der Waals surface area contributed by atoms with Crippen LogP contribution in [0.5, 0.6) is 0 Å². The molecule has 92 valence electrons. The molecule has 0 N–H and O–H groups in total. The van der Waals surface area contributed by atoms with Gasteiger partial charge in [0.25, 0.3) is 11.8 Å². The van der Waals surface area contributed by atoms with Crippen LogP contribution in [-0.4, -0.2) is 34.8 Å². The largest absolute Gasteiger partial charge is 0.300 e. The molecule has 0 saturated heterocycles. The molecule has 0 spiro atoms. The van der Waals surface area contributed by atoms with Gasteiger partial charge in [0.15, 0.2) is 5.78 Å². The number of ketones is 2. The summed E-state index contributed by atoms with van der Waals surface area (Å²) in [7, 11) is 0. The molecule has 0 aliphatic carbocycles. The number of amides is 2. The summed E-state index contributed by atoms with van der Waals surface area (Å²) in [5, 5.41) is 0. The lowest BCUT2D eigenvalue weighted by atomic mass is 9.96. The highest BCUT2D eigenvalue weighted by Crippen LogP contribution is 2.12. The molecule has 1 aliphatic rings. The van der Waals surface area contributed by atoms with E-state index in [1.54, 1.807) is 0 Å². The fraction of sp³-hybridized carbons (Fsp3) is 0.500. The maximum absolute atomic E-state index is 11.6. The molecule has 17 heavy (non-hydrogen) atoms. The normalized spacial score (nSPS) is 16.5. The topological polar surface area (TPSA) is 71.5 Å². The lowest BCUT2D eigenvalue weighted by molar-refractivity contribution is -0.140. The molecule has 0 saturated carbocycles. The Morgan fingerprint density at radius 3 is 2.18 bits per heavy atom. The van der Waals surface area contributed by atoms with Gasteiger partial charge in [-0.1, -0.05) is 6.92 Å². The summed E-state index contributed by atoms with van der Waals surface area (Å²) in [5.74, 6) is -1.57. The van der Waals surface area contributed by atoms with Crippen molar-refractivity contribution in [3.63, 3.8) is 0 Å². The molecule has 0 fully saturated rings. The van der Waals surface area contributed by atoms with E-state index in [0.29, 0.717) is 6.42 Å². The first-order valence-electron chi connectivity index (χ1n) is 5.51. The number of carbonyl (C=O) groups excluding carboxylic acids is 4. The molecule has 1 rings (SSSR count). The molecule has 1 aliphatic heterocycles. The minimum Gasteiger partial charge on any atom is -0.300 e. The minimum absolute atomic E-state index is 0.0435. The molecule has 0 aromatic rings. The van der Waals surface area contributed by atoms with Crippen LogP contribution in [0, 0.1) is 5.92 Å². The Balaban J connectivity index is 2.53. The Morgan fingerprint density at radius 2 is 1.76 bits per heavy atom. The van der Waals surface area contributed by atoms with Crippen molar-refractivity contribution in [2.45, 2.75) is 26.7 Å². The van der Waals surface area contributed by atoms with E-state index in [1.165, 1.54) is 6.92 Å². The highest BCUT2D eigenvalue weighted by Gasteiger charge is 2.26. The molecule has 1 atom stereocenters. The van der Waals surface area contributed by atoms with Gasteiger partial charge in [0, 0.05) is 24.5 Å². The van der Waals surface area contributed by atoms with Gasteiger partial charge in [-0.3, -0.25) is 24.1 Å². The zero-order valence-electron chi connectivity index (χ0n) is 9.93. The fourth-order valence-electron chi connectivity index (χ4n) is 1.68. The Bertz CT molecular complexity index is 379. The zero-order chi connectivity index (χ0) is 13.0. The standard InChI is InChI=1S/C12H15NO4/c1-3-9(8(2)14)6-10(15)7-13-11(16)4-5-12(13)17/h4-5,9H,3,6-7H2,1-2H3. The summed E-state index contributed by atoms with van der Waals surface area (Å²) in [4.78, 5) is 46.1. The van der Waals surface area contributed by atoms with Crippen LogP contribution in [-0.2, 0) is 19.2 Å². The second-order valence-electron chi connectivity index (χ2n) is 4.05. The number of hydrogen-bond acceptors (Lipinski definition) is 4. The van der Waals surface area contributed by atoms with Gasteiger partial charge in [-0.25, -0.2) is 0 Å². The summed E-state index contributed by atoms with van der Waals surface area (Å²) in [5.41, 5.74) is 0. The van der Waals surface area contributed by atoms with Gasteiger partial charge in [0.1, 0.15) is 5.78 Å². The summed E-state index contributed by atoms with van der Waals surface area (Å²) >= 11 is 0. The lowest BCUT2D eigenvalue weighted by Crippen LogP contribution is -2.36. The van der Waals surface area contributed by atoms with E-state index < -0.39 is 11.8 Å². The second kappa shape index (κ2) is 5.52. The van der Waals surface area contributed by atoms with Crippen molar-refractivity contribution < 1.29 is 19.2 Å². The molecule has 1 unspecified atom stereocenters. The smallest absolute Gasteiger partial charge is 0.254 e. The first-order chi connectivity index (χ1) is 7.95. The summed E-state index contributed by atoms with van der Waals surface area (Å²) in [6.07, 6.45) is 2.94. The Morgan fingerprint density at radius 1 is 1.24 bits per heavy atom. The highest BCUT2D eigenvalue weighted by molar-refractivity contribution is 6.14. The van der Waals surface area contributed by atoms with Crippen LogP contribution in [0.4, 0.5) is 0 Å². The third-order valence-corrected chi connectivity index (χ3v) is 2.78. The highest BCUT2D eigenvalue weighted by atomic mass is 16.2. The van der Waals surface area contributed by atoms with Crippen molar-refractivity contribution in [1.29, 1.82) is 0 Å². The predicted octanol–water partition coefficient (Wildman–Crippen LogP) is 0.486. The fourth-order valence-corrected chi connectivity index (χ4v) is 1.68. The Hall–Kier alpha value is -1.78. The number of carbonyl (C=O) groups is 4. The van der Waals surface area contributed by atoms with E-state index in [0.717, 1.165) is 17.1 Å². The van der Waals surface area contributed by atoms with Gasteiger partial charge in [-0.05, 0) is 13.3 Å². The third-order valence-electron chi connectivity index (χ3n) is 2.78. The Kier molecular flexibility index (Phi) is 4.31. The first kappa shape index (κ1) is 13.3. The monoisotopic (exact) mass is 237 g/mol. The second-order valence-corrected chi connectivity index (χ2v) is 4.05. The summed E-state index contributed by atoms with van der Waals surface area (Å²) < 4.78 is 0. The molecule has 0 radical (unpaired) electrons. The number of nitrogens with zero attached hydrogens (tertiary/aromatic N) is 1. The van der Waals surface area contributed by atoms with Crippen LogP contribution in [0.2, 0.25) is 0 Å². The number of rotatable bonds is 6. The summed E-state index contributed by atoms with van der Waals surface area (Å²) in [6.45, 7) is 3.02. The third kappa shape index (κ3) is 3.34. The van der Waals surface area contributed by atoms with Crippen LogP contribution in [0.15, 0.2) is 12.2 Å².